The van der Waals surface area contributed by atoms with Crippen LogP contribution in [0.5, 0.6) is 0 Å². The van der Waals surface area contributed by atoms with Crippen molar-refractivity contribution < 1.29 is 19.4 Å². The van der Waals surface area contributed by atoms with Gasteiger partial charge in [-0.05, 0) is 40.5 Å². The number of aromatic amines is 1. The Morgan fingerprint density at radius 3 is 2.56 bits per heavy atom. The number of nitrogens with zero attached hydrogens (tertiary/aromatic N) is 4. The maximum absolute atomic E-state index is 12.4. The number of benzene rings is 2. The Morgan fingerprint density at radius 1 is 1.18 bits per heavy atom. The van der Waals surface area contributed by atoms with Crippen LogP contribution in [0.2, 0.25) is 10.0 Å². The van der Waals surface area contributed by atoms with Crippen LogP contribution in [-0.4, -0.2) is 61.9 Å². The maximum Gasteiger partial charge on any atom is 0.336 e. The molecule has 34 heavy (non-hydrogen) atoms. The number of ether oxygens (including phenoxy) is 1. The molecule has 3 aromatic rings. The number of hydrogen-bond acceptors (Lipinski definition) is 8. The molecule has 0 saturated carbocycles. The molecule has 1 heterocycles. The van der Waals surface area contributed by atoms with Crippen LogP contribution < -0.4 is 5.43 Å². The van der Waals surface area contributed by atoms with E-state index in [4.69, 9.17) is 27.9 Å². The van der Waals surface area contributed by atoms with Crippen molar-refractivity contribution in [2.45, 2.75) is 26.5 Å². The first-order valence-corrected chi connectivity index (χ1v) is 11.2. The molecule has 0 fully saturated rings. The van der Waals surface area contributed by atoms with E-state index < -0.39 is 18.0 Å². The van der Waals surface area contributed by atoms with Gasteiger partial charge in [0.15, 0.2) is 6.10 Å². The summed E-state index contributed by atoms with van der Waals surface area (Å²) in [6, 6.07) is 12.6. The zero-order valence-electron chi connectivity index (χ0n) is 18.5. The number of H-pyrrole nitrogens is 1. The summed E-state index contributed by atoms with van der Waals surface area (Å²) < 4.78 is 5.09. The Balaban J connectivity index is 1.74. The summed E-state index contributed by atoms with van der Waals surface area (Å²) in [5.41, 5.74) is 5.02. The van der Waals surface area contributed by atoms with E-state index in [1.165, 1.54) is 5.01 Å². The van der Waals surface area contributed by atoms with Gasteiger partial charge < -0.3 is 9.84 Å². The second-order valence-electron chi connectivity index (χ2n) is 7.92. The average molecular weight is 507 g/mol. The van der Waals surface area contributed by atoms with Gasteiger partial charge in [-0.2, -0.15) is 5.21 Å². The summed E-state index contributed by atoms with van der Waals surface area (Å²) in [7, 11) is 0. The van der Waals surface area contributed by atoms with Crippen LogP contribution in [0.4, 0.5) is 0 Å². The molecule has 0 bridgehead atoms. The van der Waals surface area contributed by atoms with Gasteiger partial charge in [-0.1, -0.05) is 61.3 Å². The van der Waals surface area contributed by atoms with E-state index in [0.29, 0.717) is 10.0 Å². The summed E-state index contributed by atoms with van der Waals surface area (Å²) in [6.07, 6.45) is -1.48. The second kappa shape index (κ2) is 11.9. The lowest BCUT2D eigenvalue weighted by Crippen LogP contribution is -2.48. The van der Waals surface area contributed by atoms with E-state index in [2.05, 4.69) is 26.0 Å². The molecule has 0 aliphatic carbocycles. The van der Waals surface area contributed by atoms with Crippen molar-refractivity contribution in [2.24, 2.45) is 5.92 Å². The Morgan fingerprint density at radius 2 is 1.91 bits per heavy atom. The molecule has 1 aromatic heterocycles. The SMILES string of the molecule is CC(C)COC(=O)C(O)CN(Cc1ccc(-c2cc(Cl)ccc2Cl)cc1)NC(=O)c1nn[nH]n1. The van der Waals surface area contributed by atoms with E-state index in [9.17, 15) is 14.7 Å². The summed E-state index contributed by atoms with van der Waals surface area (Å²) in [5, 5.41) is 25.7. The van der Waals surface area contributed by atoms with Crippen molar-refractivity contribution in [3.05, 3.63) is 63.9 Å². The summed E-state index contributed by atoms with van der Waals surface area (Å²) in [5.74, 6) is -1.50. The molecule has 1 unspecified atom stereocenters. The third-order valence-electron chi connectivity index (χ3n) is 4.60. The van der Waals surface area contributed by atoms with Crippen molar-refractivity contribution in [3.63, 3.8) is 0 Å². The molecule has 10 nitrogen and oxygen atoms in total. The summed E-state index contributed by atoms with van der Waals surface area (Å²) >= 11 is 12.4. The number of tetrazole rings is 1. The fourth-order valence-corrected chi connectivity index (χ4v) is 3.36. The minimum atomic E-state index is -1.48. The van der Waals surface area contributed by atoms with Gasteiger partial charge in [0, 0.05) is 22.2 Å². The second-order valence-corrected chi connectivity index (χ2v) is 8.76. The number of nitrogens with one attached hydrogen (secondary N) is 2. The lowest BCUT2D eigenvalue weighted by molar-refractivity contribution is -0.156. The lowest BCUT2D eigenvalue weighted by Gasteiger charge is -2.24. The molecule has 2 aromatic carbocycles. The predicted molar refractivity (Wildman–Crippen MR) is 126 cm³/mol. The van der Waals surface area contributed by atoms with Crippen molar-refractivity contribution in [2.75, 3.05) is 13.2 Å². The van der Waals surface area contributed by atoms with Crippen molar-refractivity contribution in [3.8, 4) is 11.1 Å². The minimum absolute atomic E-state index is 0.122. The zero-order valence-corrected chi connectivity index (χ0v) is 20.0. The van der Waals surface area contributed by atoms with Crippen LogP contribution in [0.3, 0.4) is 0 Å². The Kier molecular flexibility index (Phi) is 8.94. The first-order chi connectivity index (χ1) is 16.2. The fraction of sp³-hybridized carbons (Fsp3) is 0.318. The molecule has 0 saturated heterocycles. The molecule has 12 heteroatoms. The van der Waals surface area contributed by atoms with Crippen LogP contribution in [-0.2, 0) is 16.1 Å². The summed E-state index contributed by atoms with van der Waals surface area (Å²) in [4.78, 5) is 24.6. The quantitative estimate of drug-likeness (QED) is 0.282. The number of amides is 1. The minimum Gasteiger partial charge on any atom is -0.463 e. The summed E-state index contributed by atoms with van der Waals surface area (Å²) in [6.45, 7) is 3.90. The number of aliphatic hydroxyl groups excluding tert-OH is 1. The van der Waals surface area contributed by atoms with Crippen LogP contribution in [0.15, 0.2) is 42.5 Å². The molecule has 0 spiro atoms. The number of hydrogen-bond donors (Lipinski definition) is 3. The third-order valence-corrected chi connectivity index (χ3v) is 5.16. The molecule has 0 aliphatic rings. The van der Waals surface area contributed by atoms with Gasteiger partial charge in [0.05, 0.1) is 13.2 Å². The Hall–Kier alpha value is -3.05. The molecular formula is C22H24Cl2N6O4. The van der Waals surface area contributed by atoms with Crippen LogP contribution >= 0.6 is 23.2 Å². The highest BCUT2D eigenvalue weighted by Crippen LogP contribution is 2.30. The number of hydrazine groups is 1. The molecule has 0 aliphatic heterocycles. The number of carbonyl (C=O) groups excluding carboxylic acids is 2. The molecule has 3 N–H and O–H groups in total. The molecule has 1 amide bonds. The van der Waals surface area contributed by atoms with Gasteiger partial charge in [-0.25, -0.2) is 9.80 Å². The maximum atomic E-state index is 12.4. The molecule has 180 valence electrons. The van der Waals surface area contributed by atoms with Crippen LogP contribution in [0.25, 0.3) is 11.1 Å². The topological polar surface area (TPSA) is 133 Å². The number of esters is 1. The standard InChI is InChI=1S/C22H24Cl2N6O4/c1-13(2)12-34-22(33)19(31)11-30(27-21(32)20-25-28-29-26-20)10-14-3-5-15(6-4-14)17-9-16(23)7-8-18(17)24/h3-9,13,19,31H,10-12H2,1-2H3,(H,27,32)(H,25,26,28,29). The normalized spacial score (nSPS) is 12.1. The average Bonchev–Trinajstić information content (AvgIpc) is 3.35. The number of aromatic nitrogens is 4. The van der Waals surface area contributed by atoms with Crippen molar-refractivity contribution in [1.29, 1.82) is 0 Å². The van der Waals surface area contributed by atoms with E-state index in [1.54, 1.807) is 18.2 Å². The van der Waals surface area contributed by atoms with E-state index in [-0.39, 0.29) is 31.4 Å². The van der Waals surface area contributed by atoms with Gasteiger partial charge in [0.1, 0.15) is 0 Å². The van der Waals surface area contributed by atoms with E-state index in [1.807, 2.05) is 38.1 Å². The van der Waals surface area contributed by atoms with Gasteiger partial charge in [0.25, 0.3) is 5.82 Å². The molecular weight excluding hydrogens is 483 g/mol. The largest absolute Gasteiger partial charge is 0.463 e. The highest BCUT2D eigenvalue weighted by Gasteiger charge is 2.24. The van der Waals surface area contributed by atoms with Gasteiger partial charge >= 0.3 is 11.9 Å². The number of aliphatic hydroxyl groups is 1. The number of halogens is 2. The Labute approximate surface area is 206 Å². The highest BCUT2D eigenvalue weighted by atomic mass is 35.5. The highest BCUT2D eigenvalue weighted by molar-refractivity contribution is 6.35. The lowest BCUT2D eigenvalue weighted by atomic mass is 10.0. The van der Waals surface area contributed by atoms with E-state index >= 15 is 0 Å². The molecule has 3 rings (SSSR count). The first-order valence-electron chi connectivity index (χ1n) is 10.4. The van der Waals surface area contributed by atoms with Crippen molar-refractivity contribution in [1.82, 2.24) is 31.1 Å². The smallest absolute Gasteiger partial charge is 0.336 e. The fourth-order valence-electron chi connectivity index (χ4n) is 2.96. The van der Waals surface area contributed by atoms with Gasteiger partial charge in [-0.3, -0.25) is 10.2 Å². The van der Waals surface area contributed by atoms with Crippen molar-refractivity contribution >= 4 is 35.1 Å². The number of rotatable bonds is 10. The Bertz CT molecular complexity index is 1110. The third kappa shape index (κ3) is 7.22. The van der Waals surface area contributed by atoms with Gasteiger partial charge in [-0.15, -0.1) is 10.2 Å². The van der Waals surface area contributed by atoms with Gasteiger partial charge in [0.2, 0.25) is 0 Å². The van der Waals surface area contributed by atoms with Crippen LogP contribution in [0.1, 0.15) is 30.0 Å². The first kappa shape index (κ1) is 25.6. The van der Waals surface area contributed by atoms with Crippen LogP contribution in [0, 0.1) is 5.92 Å². The molecule has 1 atom stereocenters. The monoisotopic (exact) mass is 506 g/mol. The molecule has 0 radical (unpaired) electrons. The number of carbonyl (C=O) groups is 2. The predicted octanol–water partition coefficient (Wildman–Crippen LogP) is 2.88. The zero-order chi connectivity index (χ0) is 24.7. The van der Waals surface area contributed by atoms with E-state index in [0.717, 1.165) is 16.7 Å².